The van der Waals surface area contributed by atoms with Crippen LogP contribution in [0.2, 0.25) is 0 Å². The molecule has 2 heterocycles. The van der Waals surface area contributed by atoms with Crippen molar-refractivity contribution in [1.29, 1.82) is 0 Å². The Morgan fingerprint density at radius 2 is 1.60 bits per heavy atom. The molecule has 0 spiro atoms. The van der Waals surface area contributed by atoms with Gasteiger partial charge in [0.1, 0.15) is 17.5 Å². The molecule has 6 heteroatoms. The predicted molar refractivity (Wildman–Crippen MR) is 105 cm³/mol. The fourth-order valence-corrected chi connectivity index (χ4v) is 2.97. The molecule has 2 aromatic rings. The molecule has 0 aliphatic carbocycles. The number of anilines is 4. The molecule has 0 atom stereocenters. The maximum atomic E-state index is 4.48. The van der Waals surface area contributed by atoms with Crippen molar-refractivity contribution >= 4 is 23.0 Å². The Labute approximate surface area is 150 Å². The van der Waals surface area contributed by atoms with E-state index in [9.17, 15) is 0 Å². The first-order valence-corrected chi connectivity index (χ1v) is 8.92. The summed E-state index contributed by atoms with van der Waals surface area (Å²) in [5.41, 5.74) is 2.31. The van der Waals surface area contributed by atoms with Crippen molar-refractivity contribution in [2.45, 2.75) is 26.8 Å². The first-order valence-electron chi connectivity index (χ1n) is 8.92. The van der Waals surface area contributed by atoms with E-state index in [1.807, 2.05) is 13.0 Å². The fourth-order valence-electron chi connectivity index (χ4n) is 2.97. The van der Waals surface area contributed by atoms with E-state index in [0.717, 1.165) is 49.3 Å². The molecule has 1 fully saturated rings. The van der Waals surface area contributed by atoms with Gasteiger partial charge in [0.15, 0.2) is 0 Å². The number of likely N-dealkylation sites (N-methyl/N-ethyl adjacent to an activating group) is 1. The molecule has 25 heavy (non-hydrogen) atoms. The molecule has 0 radical (unpaired) electrons. The van der Waals surface area contributed by atoms with Crippen molar-refractivity contribution in [2.24, 2.45) is 0 Å². The summed E-state index contributed by atoms with van der Waals surface area (Å²) in [7, 11) is 2.18. The molecule has 1 aliphatic rings. The van der Waals surface area contributed by atoms with Crippen LogP contribution < -0.4 is 15.5 Å². The van der Waals surface area contributed by atoms with Crippen LogP contribution >= 0.6 is 0 Å². The molecule has 1 aromatic carbocycles. The highest BCUT2D eigenvalue weighted by molar-refractivity contribution is 5.62. The summed E-state index contributed by atoms with van der Waals surface area (Å²) in [5.74, 6) is 2.41. The molecule has 0 bridgehead atoms. The van der Waals surface area contributed by atoms with E-state index in [2.05, 4.69) is 75.6 Å². The van der Waals surface area contributed by atoms with Gasteiger partial charge in [-0.1, -0.05) is 0 Å². The second-order valence-corrected chi connectivity index (χ2v) is 6.95. The number of rotatable bonds is 5. The molecule has 3 rings (SSSR count). The first kappa shape index (κ1) is 17.5. The predicted octanol–water partition coefficient (Wildman–Crippen LogP) is 3.10. The van der Waals surface area contributed by atoms with Crippen molar-refractivity contribution in [3.05, 3.63) is 36.2 Å². The lowest BCUT2D eigenvalue weighted by atomic mass is 10.2. The minimum Gasteiger partial charge on any atom is -0.369 e. The smallest absolute Gasteiger partial charge is 0.136 e. The van der Waals surface area contributed by atoms with Crippen molar-refractivity contribution in [3.63, 3.8) is 0 Å². The SMILES string of the molecule is Cc1nc(Nc2ccc(N3CCN(C)CC3)cc2)cc(NC(C)C)n1. The van der Waals surface area contributed by atoms with Gasteiger partial charge >= 0.3 is 0 Å². The average molecular weight is 340 g/mol. The molecular formula is C19H28N6. The molecular weight excluding hydrogens is 312 g/mol. The zero-order valence-corrected chi connectivity index (χ0v) is 15.6. The Bertz CT molecular complexity index is 690. The normalized spacial score (nSPS) is 15.5. The number of hydrogen-bond acceptors (Lipinski definition) is 6. The van der Waals surface area contributed by atoms with Crippen LogP contribution in [-0.2, 0) is 0 Å². The van der Waals surface area contributed by atoms with Gasteiger partial charge in [0.2, 0.25) is 0 Å². The van der Waals surface area contributed by atoms with E-state index < -0.39 is 0 Å². The third kappa shape index (κ3) is 4.82. The maximum absolute atomic E-state index is 4.48. The van der Waals surface area contributed by atoms with Crippen LogP contribution in [0.25, 0.3) is 0 Å². The van der Waals surface area contributed by atoms with E-state index in [-0.39, 0.29) is 0 Å². The minimum absolute atomic E-state index is 0.338. The fraction of sp³-hybridized carbons (Fsp3) is 0.474. The number of aromatic nitrogens is 2. The van der Waals surface area contributed by atoms with Crippen molar-refractivity contribution in [1.82, 2.24) is 14.9 Å². The number of benzene rings is 1. The highest BCUT2D eigenvalue weighted by Crippen LogP contribution is 2.22. The van der Waals surface area contributed by atoms with Gasteiger partial charge in [-0.05, 0) is 52.1 Å². The summed E-state index contributed by atoms with van der Waals surface area (Å²) in [5, 5.41) is 6.70. The molecule has 1 aromatic heterocycles. The second-order valence-electron chi connectivity index (χ2n) is 6.95. The summed E-state index contributed by atoms with van der Waals surface area (Å²) >= 11 is 0. The van der Waals surface area contributed by atoms with Gasteiger partial charge in [-0.25, -0.2) is 9.97 Å². The summed E-state index contributed by atoms with van der Waals surface area (Å²) in [6.45, 7) is 10.5. The molecule has 1 saturated heterocycles. The number of nitrogens with zero attached hydrogens (tertiary/aromatic N) is 4. The Balaban J connectivity index is 1.68. The zero-order valence-electron chi connectivity index (χ0n) is 15.6. The lowest BCUT2D eigenvalue weighted by Gasteiger charge is -2.34. The van der Waals surface area contributed by atoms with Gasteiger partial charge in [-0.3, -0.25) is 0 Å². The molecule has 1 aliphatic heterocycles. The number of nitrogens with one attached hydrogen (secondary N) is 2. The van der Waals surface area contributed by atoms with Crippen LogP contribution in [0.4, 0.5) is 23.0 Å². The van der Waals surface area contributed by atoms with Crippen molar-refractivity contribution in [3.8, 4) is 0 Å². The molecule has 134 valence electrons. The quantitative estimate of drug-likeness (QED) is 0.872. The number of piperazine rings is 1. The van der Waals surface area contributed by atoms with Crippen LogP contribution in [0, 0.1) is 6.92 Å². The van der Waals surface area contributed by atoms with Gasteiger partial charge in [0, 0.05) is 49.7 Å². The van der Waals surface area contributed by atoms with Crippen molar-refractivity contribution < 1.29 is 0 Å². The Hall–Kier alpha value is -2.34. The topological polar surface area (TPSA) is 56.3 Å². The Morgan fingerprint density at radius 1 is 0.960 bits per heavy atom. The molecule has 2 N–H and O–H groups in total. The lowest BCUT2D eigenvalue weighted by Crippen LogP contribution is -2.44. The Morgan fingerprint density at radius 3 is 2.24 bits per heavy atom. The van der Waals surface area contributed by atoms with Gasteiger partial charge in [-0.15, -0.1) is 0 Å². The standard InChI is InChI=1S/C19H28N6/c1-14(2)20-18-13-19(22-15(3)21-18)23-16-5-7-17(8-6-16)25-11-9-24(4)10-12-25/h5-8,13-14H,9-12H2,1-4H3,(H2,20,21,22,23). The first-order chi connectivity index (χ1) is 12.0. The minimum atomic E-state index is 0.338. The van der Waals surface area contributed by atoms with Crippen LogP contribution in [0.1, 0.15) is 19.7 Å². The lowest BCUT2D eigenvalue weighted by molar-refractivity contribution is 0.313. The summed E-state index contributed by atoms with van der Waals surface area (Å²) < 4.78 is 0. The molecule has 6 nitrogen and oxygen atoms in total. The summed E-state index contributed by atoms with van der Waals surface area (Å²) in [6, 6.07) is 10.9. The summed E-state index contributed by atoms with van der Waals surface area (Å²) in [6.07, 6.45) is 0. The van der Waals surface area contributed by atoms with Crippen LogP contribution in [-0.4, -0.2) is 54.1 Å². The third-order valence-electron chi connectivity index (χ3n) is 4.28. The van der Waals surface area contributed by atoms with E-state index in [1.165, 1.54) is 5.69 Å². The summed E-state index contributed by atoms with van der Waals surface area (Å²) in [4.78, 5) is 13.7. The largest absolute Gasteiger partial charge is 0.369 e. The van der Waals surface area contributed by atoms with E-state index in [0.29, 0.717) is 6.04 Å². The van der Waals surface area contributed by atoms with Gasteiger partial charge in [0.25, 0.3) is 0 Å². The van der Waals surface area contributed by atoms with Crippen molar-refractivity contribution in [2.75, 3.05) is 48.8 Å². The highest BCUT2D eigenvalue weighted by Gasteiger charge is 2.14. The Kier molecular flexibility index (Phi) is 5.38. The molecule has 0 amide bonds. The van der Waals surface area contributed by atoms with E-state index in [4.69, 9.17) is 0 Å². The molecule has 0 saturated carbocycles. The van der Waals surface area contributed by atoms with Gasteiger partial charge in [-0.2, -0.15) is 0 Å². The third-order valence-corrected chi connectivity index (χ3v) is 4.28. The zero-order chi connectivity index (χ0) is 17.8. The van der Waals surface area contributed by atoms with Crippen LogP contribution in [0.5, 0.6) is 0 Å². The second kappa shape index (κ2) is 7.70. The molecule has 0 unspecified atom stereocenters. The maximum Gasteiger partial charge on any atom is 0.136 e. The van der Waals surface area contributed by atoms with E-state index in [1.54, 1.807) is 0 Å². The van der Waals surface area contributed by atoms with E-state index >= 15 is 0 Å². The van der Waals surface area contributed by atoms with Gasteiger partial charge in [0.05, 0.1) is 0 Å². The average Bonchev–Trinajstić information content (AvgIpc) is 2.55. The number of aryl methyl sites for hydroxylation is 1. The monoisotopic (exact) mass is 340 g/mol. The van der Waals surface area contributed by atoms with Gasteiger partial charge < -0.3 is 20.4 Å². The van der Waals surface area contributed by atoms with Crippen LogP contribution in [0.3, 0.4) is 0 Å². The van der Waals surface area contributed by atoms with Crippen LogP contribution in [0.15, 0.2) is 30.3 Å². The highest BCUT2D eigenvalue weighted by atomic mass is 15.2. The number of hydrogen-bond donors (Lipinski definition) is 2.